The van der Waals surface area contributed by atoms with Gasteiger partial charge in [0.05, 0.1) is 53.0 Å². The Morgan fingerprint density at radius 2 is 0.862 bits per heavy atom. The number of Topliss-reactive ketones (excluding diaryl/α,β-unsaturated/α-hetero) is 2. The molecule has 0 bridgehead atoms. The number of amides is 2. The van der Waals surface area contributed by atoms with Crippen molar-refractivity contribution in [3.8, 4) is 45.6 Å². The Kier molecular flexibility index (Phi) is 16.0. The van der Waals surface area contributed by atoms with Gasteiger partial charge in [-0.25, -0.2) is 0 Å². The molecule has 0 fully saturated rings. The van der Waals surface area contributed by atoms with Gasteiger partial charge >= 0.3 is 0 Å². The highest BCUT2D eigenvalue weighted by Crippen LogP contribution is 2.46. The van der Waals surface area contributed by atoms with Crippen LogP contribution in [0.3, 0.4) is 0 Å². The number of hydrogen-bond acceptors (Lipinski definition) is 14. The van der Waals surface area contributed by atoms with Gasteiger partial charge in [-0.1, -0.05) is 38.1 Å². The maximum atomic E-state index is 13.2. The normalized spacial score (nSPS) is 11.2. The summed E-state index contributed by atoms with van der Waals surface area (Å²) in [5.41, 5.74) is 7.22. The maximum Gasteiger partial charge on any atom is 0.279 e. The number of carbonyl (C=O) groups excluding carboxylic acids is 4. The molecule has 0 aliphatic rings. The number of nitrogens with zero attached hydrogens (tertiary/aromatic N) is 2. The predicted octanol–water partition coefficient (Wildman–Crippen LogP) is 6.96. The van der Waals surface area contributed by atoms with E-state index in [2.05, 4.69) is 31.7 Å². The molecule has 4 aromatic rings. The highest BCUT2D eigenvalue weighted by molar-refractivity contribution is 6.67. The fourth-order valence-electron chi connectivity index (χ4n) is 5.39. The van der Waals surface area contributed by atoms with Gasteiger partial charge in [0, 0.05) is 37.1 Å². The molecule has 4 N–H and O–H groups in total. The van der Waals surface area contributed by atoms with E-state index in [1.54, 1.807) is 72.8 Å². The molecule has 0 aliphatic heterocycles. The van der Waals surface area contributed by atoms with E-state index in [1.165, 1.54) is 42.3 Å². The SMILES string of the molecule is CCCOc1cc(-c2cc(OCCC)c(N/N=C(\C(C)=O)C(=O)Nc3ccccc3OC)cc2OC)c(OC)cc1N/N=C(\C(C)=O)C(=O)Nc1ccccc1OC. The molecule has 0 saturated carbocycles. The lowest BCUT2D eigenvalue weighted by atomic mass is 10.0. The summed E-state index contributed by atoms with van der Waals surface area (Å²) in [7, 11) is 5.89. The number of hydrogen-bond donors (Lipinski definition) is 4. The van der Waals surface area contributed by atoms with Crippen LogP contribution in [0.1, 0.15) is 40.5 Å². The summed E-state index contributed by atoms with van der Waals surface area (Å²) in [6, 6.07) is 20.2. The van der Waals surface area contributed by atoms with Crippen molar-refractivity contribution in [3.63, 3.8) is 0 Å². The van der Waals surface area contributed by atoms with Gasteiger partial charge in [0.15, 0.2) is 23.0 Å². The summed E-state index contributed by atoms with van der Waals surface area (Å²) < 4.78 is 34.5. The van der Waals surface area contributed by atoms with Gasteiger partial charge in [-0.05, 0) is 49.2 Å². The molecule has 0 unspecified atom stereocenters. The lowest BCUT2D eigenvalue weighted by molar-refractivity contribution is -0.116. The topological polar surface area (TPSA) is 196 Å². The Morgan fingerprint density at radius 1 is 0.500 bits per heavy atom. The van der Waals surface area contributed by atoms with Crippen LogP contribution in [0.4, 0.5) is 22.7 Å². The van der Waals surface area contributed by atoms with Crippen molar-refractivity contribution in [2.45, 2.75) is 40.5 Å². The highest BCUT2D eigenvalue weighted by Gasteiger charge is 2.23. The number of hydrazone groups is 2. The van der Waals surface area contributed by atoms with Crippen LogP contribution in [0.5, 0.6) is 34.5 Å². The number of benzene rings is 4. The molecule has 16 heteroatoms. The van der Waals surface area contributed by atoms with Gasteiger partial charge in [0.1, 0.15) is 45.9 Å². The third kappa shape index (κ3) is 11.0. The van der Waals surface area contributed by atoms with Gasteiger partial charge in [0.2, 0.25) is 0 Å². The number of rotatable bonds is 21. The number of ketones is 2. The van der Waals surface area contributed by atoms with Crippen molar-refractivity contribution in [2.75, 3.05) is 63.1 Å². The van der Waals surface area contributed by atoms with E-state index in [9.17, 15) is 19.2 Å². The van der Waals surface area contributed by atoms with Gasteiger partial charge in [-0.15, -0.1) is 0 Å². The van der Waals surface area contributed by atoms with Crippen LogP contribution in [-0.4, -0.2) is 76.5 Å². The minimum Gasteiger partial charge on any atom is -0.496 e. The molecule has 0 saturated heterocycles. The molecule has 58 heavy (non-hydrogen) atoms. The summed E-state index contributed by atoms with van der Waals surface area (Å²) in [5.74, 6) is -0.527. The van der Waals surface area contributed by atoms with Crippen LogP contribution in [-0.2, 0) is 19.2 Å². The molecule has 0 heterocycles. The smallest absolute Gasteiger partial charge is 0.279 e. The Balaban J connectivity index is 1.75. The minimum absolute atomic E-state index is 0.301. The summed E-state index contributed by atoms with van der Waals surface area (Å²) >= 11 is 0. The molecule has 4 rings (SSSR count). The fourth-order valence-corrected chi connectivity index (χ4v) is 5.39. The Hall–Kier alpha value is -7.10. The van der Waals surface area contributed by atoms with Crippen molar-refractivity contribution in [3.05, 3.63) is 72.8 Å². The van der Waals surface area contributed by atoms with Gasteiger partial charge < -0.3 is 39.1 Å². The Morgan fingerprint density at radius 3 is 1.19 bits per heavy atom. The number of carbonyl (C=O) groups is 4. The van der Waals surface area contributed by atoms with Crippen LogP contribution >= 0.6 is 0 Å². The Labute approximate surface area is 336 Å². The second kappa shape index (κ2) is 21.3. The van der Waals surface area contributed by atoms with E-state index in [4.69, 9.17) is 28.4 Å². The van der Waals surface area contributed by atoms with Gasteiger partial charge in [0.25, 0.3) is 11.8 Å². The van der Waals surface area contributed by atoms with E-state index in [0.29, 0.717) is 94.4 Å². The molecule has 0 aromatic heterocycles. The van der Waals surface area contributed by atoms with Crippen LogP contribution in [0, 0.1) is 0 Å². The first-order valence-electron chi connectivity index (χ1n) is 18.3. The summed E-state index contributed by atoms with van der Waals surface area (Å²) in [4.78, 5) is 51.7. The molecule has 2 amide bonds. The highest BCUT2D eigenvalue weighted by atomic mass is 16.5. The van der Waals surface area contributed by atoms with Crippen LogP contribution < -0.4 is 49.9 Å². The molecule has 0 radical (unpaired) electrons. The van der Waals surface area contributed by atoms with Crippen molar-refractivity contribution >= 4 is 57.6 Å². The third-order valence-electron chi connectivity index (χ3n) is 8.20. The van der Waals surface area contributed by atoms with Gasteiger partial charge in [-0.2, -0.15) is 10.2 Å². The van der Waals surface area contributed by atoms with E-state index in [-0.39, 0.29) is 0 Å². The van der Waals surface area contributed by atoms with Crippen LogP contribution in [0.25, 0.3) is 11.1 Å². The molecule has 0 atom stereocenters. The summed E-state index contributed by atoms with van der Waals surface area (Å²) in [6.07, 6.45) is 1.34. The van der Waals surface area contributed by atoms with E-state index in [1.807, 2.05) is 13.8 Å². The zero-order valence-electron chi connectivity index (χ0n) is 33.7. The quantitative estimate of drug-likeness (QED) is 0.0385. The largest absolute Gasteiger partial charge is 0.496 e. The average molecular weight is 797 g/mol. The molecular formula is C42H48N6O10. The number of methoxy groups -OCH3 is 4. The molecule has 306 valence electrons. The first-order chi connectivity index (χ1) is 28.0. The lowest BCUT2D eigenvalue weighted by Gasteiger charge is -2.20. The molecule has 4 aromatic carbocycles. The predicted molar refractivity (Wildman–Crippen MR) is 223 cm³/mol. The molecule has 0 aliphatic carbocycles. The number of nitrogens with one attached hydrogen (secondary N) is 4. The average Bonchev–Trinajstić information content (AvgIpc) is 3.22. The number of para-hydroxylation sites is 4. The number of ether oxygens (including phenoxy) is 6. The lowest BCUT2D eigenvalue weighted by Crippen LogP contribution is -2.29. The fraction of sp³-hybridized carbons (Fsp3) is 0.286. The first kappa shape index (κ1) is 43.6. The second-order valence-corrected chi connectivity index (χ2v) is 12.4. The second-order valence-electron chi connectivity index (χ2n) is 12.4. The molecule has 16 nitrogen and oxygen atoms in total. The van der Waals surface area contributed by atoms with Crippen LogP contribution in [0.15, 0.2) is 83.0 Å². The molecular weight excluding hydrogens is 748 g/mol. The van der Waals surface area contributed by atoms with Crippen molar-refractivity contribution in [1.29, 1.82) is 0 Å². The Bertz CT molecular complexity index is 2030. The van der Waals surface area contributed by atoms with E-state index >= 15 is 0 Å². The third-order valence-corrected chi connectivity index (χ3v) is 8.20. The van der Waals surface area contributed by atoms with Crippen LogP contribution in [0.2, 0.25) is 0 Å². The van der Waals surface area contributed by atoms with Gasteiger partial charge in [-0.3, -0.25) is 30.0 Å². The standard InChI is InChI=1S/C42H48N6O10/c1-9-19-57-37-21-27(35(55-7)23-31(37)45-47-39(25(3)49)41(51)43-29-15-11-13-17-33(29)53-5)28-22-38(58-20-10-2)32(24-36(28)56-8)46-48-40(26(4)50)42(52)44-30-16-12-14-18-34(30)54-6/h11-18,21-24,45-46H,9-10,19-20H2,1-8H3,(H,43,51)(H,44,52)/b47-39+,48-40+. The van der Waals surface area contributed by atoms with Crippen molar-refractivity contribution in [2.24, 2.45) is 10.2 Å². The monoisotopic (exact) mass is 796 g/mol. The van der Waals surface area contributed by atoms with E-state index < -0.39 is 34.8 Å². The minimum atomic E-state index is -0.751. The summed E-state index contributed by atoms with van der Waals surface area (Å²) in [6.45, 7) is 6.99. The zero-order chi connectivity index (χ0) is 42.2. The zero-order valence-corrected chi connectivity index (χ0v) is 33.7. The van der Waals surface area contributed by atoms with E-state index in [0.717, 1.165) is 0 Å². The van der Waals surface area contributed by atoms with Crippen molar-refractivity contribution < 1.29 is 47.6 Å². The molecule has 0 spiro atoms. The van der Waals surface area contributed by atoms with Crippen molar-refractivity contribution in [1.82, 2.24) is 0 Å². The maximum absolute atomic E-state index is 13.2. The number of anilines is 4. The first-order valence-corrected chi connectivity index (χ1v) is 18.3. The summed E-state index contributed by atoms with van der Waals surface area (Å²) in [5, 5.41) is 13.7.